The van der Waals surface area contributed by atoms with Crippen LogP contribution in [0.3, 0.4) is 0 Å². The van der Waals surface area contributed by atoms with Gasteiger partial charge in [0.15, 0.2) is 18.1 Å². The van der Waals surface area contributed by atoms with E-state index < -0.39 is 0 Å². The van der Waals surface area contributed by atoms with Crippen molar-refractivity contribution in [3.63, 3.8) is 0 Å². The van der Waals surface area contributed by atoms with Crippen LogP contribution in [-0.4, -0.2) is 41.3 Å². The van der Waals surface area contributed by atoms with Gasteiger partial charge in [-0.2, -0.15) is 0 Å². The number of carbonyl (C=O) groups excluding carboxylic acids is 2. The number of thioether (sulfide) groups is 1. The third-order valence-electron chi connectivity index (χ3n) is 4.04. The molecule has 1 aliphatic heterocycles. The van der Waals surface area contributed by atoms with Gasteiger partial charge >= 0.3 is 0 Å². The molecule has 0 aliphatic carbocycles. The number of rotatable bonds is 7. The normalized spacial score (nSPS) is 14.9. The molecule has 1 heterocycles. The zero-order chi connectivity index (χ0) is 21.7. The molecule has 0 bridgehead atoms. The van der Waals surface area contributed by atoms with Crippen LogP contribution in [0.2, 0.25) is 0 Å². The fraction of sp³-hybridized carbons (Fsp3) is 0.190. The van der Waals surface area contributed by atoms with Gasteiger partial charge in [0.25, 0.3) is 11.8 Å². The number of thiocarbonyl (C=S) groups is 1. The first-order valence-electron chi connectivity index (χ1n) is 9.04. The molecule has 6 nitrogen and oxygen atoms in total. The van der Waals surface area contributed by atoms with E-state index in [0.29, 0.717) is 33.0 Å². The average Bonchev–Trinajstić information content (AvgIpc) is 2.96. The molecule has 30 heavy (non-hydrogen) atoms. The van der Waals surface area contributed by atoms with Crippen LogP contribution in [0, 0.1) is 0 Å². The minimum Gasteiger partial charge on any atom is -0.490 e. The number of anilines is 1. The Hall–Kier alpha value is -2.36. The van der Waals surface area contributed by atoms with Crippen LogP contribution >= 0.6 is 39.9 Å². The van der Waals surface area contributed by atoms with Crippen molar-refractivity contribution in [1.29, 1.82) is 0 Å². The first kappa shape index (κ1) is 22.3. The number of ether oxygens (including phenoxy) is 2. The predicted octanol–water partition coefficient (Wildman–Crippen LogP) is 4.70. The van der Waals surface area contributed by atoms with Crippen LogP contribution in [0.4, 0.5) is 5.69 Å². The Morgan fingerprint density at radius 2 is 1.93 bits per heavy atom. The van der Waals surface area contributed by atoms with Gasteiger partial charge in [0.1, 0.15) is 4.32 Å². The second kappa shape index (κ2) is 10.1. The second-order valence-electron chi connectivity index (χ2n) is 6.22. The summed E-state index contributed by atoms with van der Waals surface area (Å²) in [7, 11) is 1.65. The largest absolute Gasteiger partial charge is 0.490 e. The Kier molecular flexibility index (Phi) is 7.52. The van der Waals surface area contributed by atoms with E-state index in [9.17, 15) is 9.59 Å². The lowest BCUT2D eigenvalue weighted by molar-refractivity contribution is -0.121. The van der Waals surface area contributed by atoms with Crippen molar-refractivity contribution in [1.82, 2.24) is 4.90 Å². The van der Waals surface area contributed by atoms with Crippen molar-refractivity contribution in [3.8, 4) is 11.5 Å². The highest BCUT2D eigenvalue weighted by Crippen LogP contribution is 2.34. The molecular weight excluding hydrogens is 488 g/mol. The van der Waals surface area contributed by atoms with Crippen molar-refractivity contribution >= 4 is 67.8 Å². The van der Waals surface area contributed by atoms with Crippen LogP contribution in [0.1, 0.15) is 12.5 Å². The van der Waals surface area contributed by atoms with Gasteiger partial charge in [0.2, 0.25) is 0 Å². The summed E-state index contributed by atoms with van der Waals surface area (Å²) < 4.78 is 12.8. The molecule has 0 spiro atoms. The summed E-state index contributed by atoms with van der Waals surface area (Å²) in [6, 6.07) is 12.6. The molecule has 3 rings (SSSR count). The van der Waals surface area contributed by atoms with Gasteiger partial charge in [0.05, 0.1) is 11.5 Å². The van der Waals surface area contributed by atoms with E-state index in [-0.39, 0.29) is 18.4 Å². The number of benzene rings is 2. The summed E-state index contributed by atoms with van der Waals surface area (Å²) >= 11 is 9.77. The zero-order valence-electron chi connectivity index (χ0n) is 16.3. The van der Waals surface area contributed by atoms with E-state index in [4.69, 9.17) is 21.7 Å². The van der Waals surface area contributed by atoms with E-state index in [2.05, 4.69) is 21.2 Å². The van der Waals surface area contributed by atoms with Gasteiger partial charge in [-0.25, -0.2) is 0 Å². The monoisotopic (exact) mass is 506 g/mol. The smallest absolute Gasteiger partial charge is 0.265 e. The van der Waals surface area contributed by atoms with Crippen molar-refractivity contribution in [3.05, 3.63) is 57.4 Å². The van der Waals surface area contributed by atoms with E-state index in [0.717, 1.165) is 10.0 Å². The highest BCUT2D eigenvalue weighted by atomic mass is 79.9. The molecule has 1 aliphatic rings. The summed E-state index contributed by atoms with van der Waals surface area (Å²) in [5.74, 6) is 0.529. The topological polar surface area (TPSA) is 67.9 Å². The molecule has 2 aromatic carbocycles. The van der Waals surface area contributed by atoms with Crippen LogP contribution in [0.15, 0.2) is 51.8 Å². The lowest BCUT2D eigenvalue weighted by Crippen LogP contribution is -2.22. The number of halogens is 1. The first-order valence-corrected chi connectivity index (χ1v) is 11.1. The summed E-state index contributed by atoms with van der Waals surface area (Å²) in [5.41, 5.74) is 1.46. The van der Waals surface area contributed by atoms with Crippen LogP contribution in [-0.2, 0) is 9.59 Å². The van der Waals surface area contributed by atoms with Gasteiger partial charge in [-0.15, -0.1) is 0 Å². The maximum atomic E-state index is 12.2. The average molecular weight is 507 g/mol. The van der Waals surface area contributed by atoms with Gasteiger partial charge in [-0.05, 0) is 55.0 Å². The van der Waals surface area contributed by atoms with Gasteiger partial charge < -0.3 is 14.8 Å². The van der Waals surface area contributed by atoms with Crippen molar-refractivity contribution in [2.24, 2.45) is 0 Å². The number of carbonyl (C=O) groups is 2. The summed E-state index contributed by atoms with van der Waals surface area (Å²) in [5, 5.41) is 2.77. The van der Waals surface area contributed by atoms with Crippen molar-refractivity contribution in [2.45, 2.75) is 6.92 Å². The molecule has 0 saturated carbocycles. The van der Waals surface area contributed by atoms with Crippen molar-refractivity contribution < 1.29 is 19.1 Å². The standard InChI is InChI=1S/C21H19BrN2O4S2/c1-3-27-17-10-13(11-18-20(26)24(2)21(29)30-18)4-9-16(17)28-12-19(25)23-15-7-5-14(22)6-8-15/h4-11H,3,12H2,1-2H3,(H,23,25)/b18-11+. The lowest BCUT2D eigenvalue weighted by Gasteiger charge is -2.13. The highest BCUT2D eigenvalue weighted by Gasteiger charge is 2.28. The molecule has 156 valence electrons. The molecule has 0 atom stereocenters. The van der Waals surface area contributed by atoms with E-state index >= 15 is 0 Å². The molecule has 1 saturated heterocycles. The van der Waals surface area contributed by atoms with Gasteiger partial charge in [-0.3, -0.25) is 14.5 Å². The van der Waals surface area contributed by atoms with Gasteiger partial charge in [0, 0.05) is 17.2 Å². The number of hydrogen-bond donors (Lipinski definition) is 1. The molecule has 1 N–H and O–H groups in total. The molecule has 2 aromatic rings. The van der Waals surface area contributed by atoms with Gasteiger partial charge in [-0.1, -0.05) is 46.0 Å². The minimum absolute atomic E-state index is 0.132. The van der Waals surface area contributed by atoms with E-state index in [1.165, 1.54) is 16.7 Å². The Bertz CT molecular complexity index is 1010. The third kappa shape index (κ3) is 5.62. The number of nitrogens with zero attached hydrogens (tertiary/aromatic N) is 1. The predicted molar refractivity (Wildman–Crippen MR) is 127 cm³/mol. The number of likely N-dealkylation sites (N-methyl/N-ethyl adjacent to an activating group) is 1. The molecule has 1 fully saturated rings. The molecule has 0 aromatic heterocycles. The Morgan fingerprint density at radius 1 is 1.20 bits per heavy atom. The molecule has 9 heteroatoms. The van der Waals surface area contributed by atoms with Crippen LogP contribution < -0.4 is 14.8 Å². The lowest BCUT2D eigenvalue weighted by atomic mass is 10.2. The van der Waals surface area contributed by atoms with Crippen LogP contribution in [0.25, 0.3) is 6.08 Å². The number of amides is 2. The zero-order valence-corrected chi connectivity index (χ0v) is 19.5. The summed E-state index contributed by atoms with van der Waals surface area (Å²) in [6.07, 6.45) is 1.76. The molecular formula is C21H19BrN2O4S2. The quantitative estimate of drug-likeness (QED) is 0.433. The Morgan fingerprint density at radius 3 is 2.57 bits per heavy atom. The van der Waals surface area contributed by atoms with E-state index in [1.807, 2.05) is 19.1 Å². The number of nitrogens with one attached hydrogen (secondary N) is 1. The highest BCUT2D eigenvalue weighted by molar-refractivity contribution is 9.10. The summed E-state index contributed by atoms with van der Waals surface area (Å²) in [6.45, 7) is 2.13. The minimum atomic E-state index is -0.282. The maximum absolute atomic E-state index is 12.2. The number of hydrogen-bond acceptors (Lipinski definition) is 6. The SMILES string of the molecule is CCOc1cc(/C=C2/SC(=S)N(C)C2=O)ccc1OCC(=O)Nc1ccc(Br)cc1. The first-order chi connectivity index (χ1) is 14.4. The maximum Gasteiger partial charge on any atom is 0.265 e. The summed E-state index contributed by atoms with van der Waals surface area (Å²) in [4.78, 5) is 26.4. The Balaban J connectivity index is 1.69. The second-order valence-corrected chi connectivity index (χ2v) is 8.82. The third-order valence-corrected chi connectivity index (χ3v) is 6.05. The van der Waals surface area contributed by atoms with Crippen LogP contribution in [0.5, 0.6) is 11.5 Å². The fourth-order valence-electron chi connectivity index (χ4n) is 2.57. The Labute approximate surface area is 192 Å². The molecule has 0 unspecified atom stereocenters. The fourth-order valence-corrected chi connectivity index (χ4v) is 4.02. The molecule has 2 amide bonds. The van der Waals surface area contributed by atoms with E-state index in [1.54, 1.807) is 43.5 Å². The van der Waals surface area contributed by atoms with Crippen molar-refractivity contribution in [2.75, 3.05) is 25.6 Å². The molecule has 0 radical (unpaired) electrons.